The van der Waals surface area contributed by atoms with Gasteiger partial charge in [0.2, 0.25) is 0 Å². The second-order valence-corrected chi connectivity index (χ2v) is 8.62. The van der Waals surface area contributed by atoms with E-state index >= 15 is 0 Å². The number of halogens is 1. The molecule has 1 saturated heterocycles. The highest BCUT2D eigenvalue weighted by atomic mass is 35.5. The molecule has 1 fully saturated rings. The smallest absolute Gasteiger partial charge is 0.266 e. The van der Waals surface area contributed by atoms with Gasteiger partial charge in [0.1, 0.15) is 0 Å². The molecule has 0 saturated carbocycles. The van der Waals surface area contributed by atoms with E-state index in [1.807, 2.05) is 55.5 Å². The molecule has 29 heavy (non-hydrogen) atoms. The Morgan fingerprint density at radius 1 is 1.14 bits per heavy atom. The topological polar surface area (TPSA) is 32.7 Å². The summed E-state index contributed by atoms with van der Waals surface area (Å²) in [6.07, 6.45) is 9.22. The lowest BCUT2D eigenvalue weighted by atomic mass is 9.89. The van der Waals surface area contributed by atoms with E-state index < -0.39 is 0 Å². The molecule has 1 heterocycles. The number of carbonyl (C=O) groups excluding carboxylic acids is 1. The third-order valence-corrected chi connectivity index (χ3v) is 6.28. The van der Waals surface area contributed by atoms with Gasteiger partial charge in [0.25, 0.3) is 5.91 Å². The first-order valence-corrected chi connectivity index (χ1v) is 10.7. The largest absolute Gasteiger partial charge is 0.290 e. The number of thioether (sulfide) groups is 1. The average molecular weight is 421 g/mol. The van der Waals surface area contributed by atoms with Crippen molar-refractivity contribution in [2.45, 2.75) is 13.3 Å². The molecule has 5 heteroatoms. The Hall–Kier alpha value is -2.56. The second kappa shape index (κ2) is 8.44. The number of rotatable bonds is 3. The van der Waals surface area contributed by atoms with Crippen molar-refractivity contribution in [2.24, 2.45) is 10.9 Å². The van der Waals surface area contributed by atoms with Gasteiger partial charge < -0.3 is 0 Å². The van der Waals surface area contributed by atoms with Gasteiger partial charge in [-0.1, -0.05) is 65.7 Å². The highest BCUT2D eigenvalue weighted by molar-refractivity contribution is 8.18. The Labute approximate surface area is 180 Å². The minimum Gasteiger partial charge on any atom is -0.290 e. The third-order valence-electron chi connectivity index (χ3n) is 4.95. The number of carbonyl (C=O) groups is 1. The Balaban J connectivity index is 1.51. The normalized spacial score (nSPS) is 21.9. The number of allylic oxidation sites excluding steroid dienone is 5. The number of nitrogens with zero attached hydrogens (tertiary/aromatic N) is 2. The maximum absolute atomic E-state index is 12.7. The lowest BCUT2D eigenvalue weighted by Crippen LogP contribution is -2.23. The van der Waals surface area contributed by atoms with E-state index in [1.54, 1.807) is 11.9 Å². The molecule has 0 aromatic heterocycles. The maximum Gasteiger partial charge on any atom is 0.266 e. The molecule has 1 atom stereocenters. The number of hydrogen-bond acceptors (Lipinski definition) is 3. The quantitative estimate of drug-likeness (QED) is 0.539. The van der Waals surface area contributed by atoms with E-state index in [2.05, 4.69) is 29.3 Å². The van der Waals surface area contributed by atoms with E-state index in [1.165, 1.54) is 22.9 Å². The fraction of sp³-hybridized carbons (Fsp3) is 0.167. The van der Waals surface area contributed by atoms with Crippen molar-refractivity contribution in [1.29, 1.82) is 0 Å². The fourth-order valence-electron chi connectivity index (χ4n) is 3.29. The summed E-state index contributed by atoms with van der Waals surface area (Å²) in [5, 5.41) is 1.44. The molecular weight excluding hydrogens is 400 g/mol. The zero-order valence-corrected chi connectivity index (χ0v) is 17.9. The molecule has 2 aromatic carbocycles. The summed E-state index contributed by atoms with van der Waals surface area (Å²) in [6.45, 7) is 2.04. The molecule has 4 rings (SSSR count). The van der Waals surface area contributed by atoms with Crippen molar-refractivity contribution in [3.8, 4) is 0 Å². The fourth-order valence-corrected chi connectivity index (χ4v) is 4.45. The molecule has 2 aromatic rings. The van der Waals surface area contributed by atoms with E-state index in [9.17, 15) is 4.79 Å². The van der Waals surface area contributed by atoms with Crippen LogP contribution < -0.4 is 0 Å². The van der Waals surface area contributed by atoms with Gasteiger partial charge in [-0.25, -0.2) is 4.99 Å². The molecule has 0 spiro atoms. The number of benzene rings is 2. The number of likely N-dealkylation sites (N-methyl/N-ethyl adjacent to an activating group) is 1. The maximum atomic E-state index is 12.7. The highest BCUT2D eigenvalue weighted by Crippen LogP contribution is 2.35. The minimum absolute atomic E-state index is 0.00291. The van der Waals surface area contributed by atoms with Crippen LogP contribution in [0.25, 0.3) is 5.57 Å². The lowest BCUT2D eigenvalue weighted by Gasteiger charge is -2.16. The predicted octanol–water partition coefficient (Wildman–Crippen LogP) is 6.38. The van der Waals surface area contributed by atoms with Crippen LogP contribution >= 0.6 is 23.4 Å². The van der Waals surface area contributed by atoms with Gasteiger partial charge >= 0.3 is 0 Å². The van der Waals surface area contributed by atoms with Crippen molar-refractivity contribution in [3.05, 3.63) is 93.9 Å². The average Bonchev–Trinajstić information content (AvgIpc) is 2.98. The zero-order chi connectivity index (χ0) is 20.4. The van der Waals surface area contributed by atoms with Crippen LogP contribution in [0.2, 0.25) is 5.02 Å². The Kier molecular flexibility index (Phi) is 5.74. The van der Waals surface area contributed by atoms with Gasteiger partial charge in [-0.2, -0.15) is 0 Å². The monoisotopic (exact) mass is 420 g/mol. The summed E-state index contributed by atoms with van der Waals surface area (Å²) < 4.78 is 0. The first-order valence-electron chi connectivity index (χ1n) is 9.46. The van der Waals surface area contributed by atoms with Crippen molar-refractivity contribution < 1.29 is 4.79 Å². The van der Waals surface area contributed by atoms with Gasteiger partial charge in [0, 0.05) is 18.0 Å². The Bertz CT molecular complexity index is 1050. The number of amidine groups is 1. The molecule has 0 N–H and O–H groups in total. The summed E-state index contributed by atoms with van der Waals surface area (Å²) in [4.78, 5) is 19.7. The standard InChI is InChI=1S/C24H21ClN2OS/c1-16-6-12-21(13-7-16)26-24-27(2)23(28)22(29-24)15-17-4-3-5-19(14-17)18-8-10-20(25)11-9-18/h3-13,15,17H,14H2,1-2H3/b22-15-,26-24?. The minimum atomic E-state index is -0.00291. The van der Waals surface area contributed by atoms with Crippen LogP contribution in [-0.2, 0) is 4.79 Å². The highest BCUT2D eigenvalue weighted by Gasteiger charge is 2.31. The summed E-state index contributed by atoms with van der Waals surface area (Å²) >= 11 is 7.44. The van der Waals surface area contributed by atoms with Crippen molar-refractivity contribution >= 4 is 45.7 Å². The van der Waals surface area contributed by atoms with E-state index in [-0.39, 0.29) is 11.8 Å². The van der Waals surface area contributed by atoms with Gasteiger partial charge in [-0.15, -0.1) is 0 Å². The van der Waals surface area contributed by atoms with E-state index in [0.29, 0.717) is 5.17 Å². The van der Waals surface area contributed by atoms with E-state index in [4.69, 9.17) is 11.6 Å². The predicted molar refractivity (Wildman–Crippen MR) is 123 cm³/mol. The molecule has 0 radical (unpaired) electrons. The van der Waals surface area contributed by atoms with Crippen molar-refractivity contribution in [2.75, 3.05) is 7.05 Å². The molecule has 1 amide bonds. The van der Waals surface area contributed by atoms with Crippen LogP contribution in [0.4, 0.5) is 5.69 Å². The number of amides is 1. The van der Waals surface area contributed by atoms with Crippen LogP contribution in [0, 0.1) is 12.8 Å². The molecule has 1 aliphatic carbocycles. The zero-order valence-electron chi connectivity index (χ0n) is 16.3. The summed E-state index contributed by atoms with van der Waals surface area (Å²) in [6, 6.07) is 15.9. The Morgan fingerprint density at radius 2 is 1.86 bits per heavy atom. The van der Waals surface area contributed by atoms with Crippen LogP contribution in [-0.4, -0.2) is 23.0 Å². The van der Waals surface area contributed by atoms with Gasteiger partial charge in [-0.3, -0.25) is 9.69 Å². The molecular formula is C24H21ClN2OS. The number of hydrogen-bond donors (Lipinski definition) is 0. The summed E-state index contributed by atoms with van der Waals surface area (Å²) in [5.41, 5.74) is 4.44. The number of aliphatic imine (C=N–C) groups is 1. The first kappa shape index (κ1) is 19.7. The summed E-state index contributed by atoms with van der Waals surface area (Å²) in [5.74, 6) is 0.168. The van der Waals surface area contributed by atoms with Crippen molar-refractivity contribution in [1.82, 2.24) is 4.90 Å². The van der Waals surface area contributed by atoms with Gasteiger partial charge in [-0.05, 0) is 60.5 Å². The molecule has 1 unspecified atom stereocenters. The van der Waals surface area contributed by atoms with Crippen LogP contribution in [0.1, 0.15) is 17.5 Å². The molecule has 146 valence electrons. The molecule has 3 nitrogen and oxygen atoms in total. The Morgan fingerprint density at radius 3 is 2.59 bits per heavy atom. The third kappa shape index (κ3) is 4.55. The molecule has 1 aliphatic heterocycles. The van der Waals surface area contributed by atoms with E-state index in [0.717, 1.165) is 27.6 Å². The SMILES string of the molecule is Cc1ccc(N=C2S/C(=C\C3C=CC=C(c4ccc(Cl)cc4)C3)C(=O)N2C)cc1. The summed E-state index contributed by atoms with van der Waals surface area (Å²) in [7, 11) is 1.78. The lowest BCUT2D eigenvalue weighted by molar-refractivity contribution is -0.121. The van der Waals surface area contributed by atoms with Gasteiger partial charge in [0.15, 0.2) is 5.17 Å². The van der Waals surface area contributed by atoms with Crippen LogP contribution in [0.3, 0.4) is 0 Å². The van der Waals surface area contributed by atoms with Crippen LogP contribution in [0.5, 0.6) is 0 Å². The molecule has 0 bridgehead atoms. The van der Waals surface area contributed by atoms with Crippen molar-refractivity contribution in [3.63, 3.8) is 0 Å². The first-order chi connectivity index (χ1) is 14.0. The van der Waals surface area contributed by atoms with Crippen LogP contribution in [0.15, 0.2) is 82.7 Å². The molecule has 2 aliphatic rings. The number of aryl methyl sites for hydroxylation is 1. The second-order valence-electron chi connectivity index (χ2n) is 7.18. The van der Waals surface area contributed by atoms with Gasteiger partial charge in [0.05, 0.1) is 10.6 Å².